The molecule has 0 aliphatic carbocycles. The fourth-order valence-corrected chi connectivity index (χ4v) is 5.58. The Morgan fingerprint density at radius 1 is 0.943 bits per heavy atom. The van der Waals surface area contributed by atoms with Gasteiger partial charge in [0.05, 0.1) is 24.8 Å². The Morgan fingerprint density at radius 3 is 2.29 bits per heavy atom. The van der Waals surface area contributed by atoms with E-state index in [1.807, 2.05) is 25.1 Å². The van der Waals surface area contributed by atoms with Gasteiger partial charge in [-0.15, -0.1) is 0 Å². The maximum Gasteiger partial charge on any atom is 0.264 e. The third-order valence-electron chi connectivity index (χ3n) is 5.23. The Labute approximate surface area is 211 Å². The van der Waals surface area contributed by atoms with Crippen molar-refractivity contribution in [3.8, 4) is 11.5 Å². The summed E-state index contributed by atoms with van der Waals surface area (Å²) in [7, 11) is -1.04. The third-order valence-corrected chi connectivity index (χ3v) is 8.05. The number of benzene rings is 3. The van der Waals surface area contributed by atoms with Gasteiger partial charge in [0.1, 0.15) is 6.54 Å². The van der Waals surface area contributed by atoms with E-state index in [9.17, 15) is 13.2 Å². The number of nitrogens with one attached hydrogen (secondary N) is 1. The average Bonchev–Trinajstić information content (AvgIpc) is 2.87. The van der Waals surface area contributed by atoms with E-state index in [4.69, 9.17) is 9.47 Å². The minimum Gasteiger partial charge on any atom is -0.493 e. The molecule has 3 aromatic carbocycles. The van der Waals surface area contributed by atoms with Gasteiger partial charge in [0, 0.05) is 24.1 Å². The number of amides is 1. The van der Waals surface area contributed by atoms with Crippen LogP contribution in [0.15, 0.2) is 77.7 Å². The number of carbonyl (C=O) groups excluding carboxylic acids is 1. The van der Waals surface area contributed by atoms with Crippen molar-refractivity contribution in [3.63, 3.8) is 0 Å². The van der Waals surface area contributed by atoms with Crippen molar-refractivity contribution >= 4 is 33.4 Å². The number of nitrogens with zero attached hydrogens (tertiary/aromatic N) is 1. The minimum atomic E-state index is -4.01. The number of hydrogen-bond donors (Lipinski definition) is 1. The van der Waals surface area contributed by atoms with Crippen LogP contribution in [0, 0.1) is 6.92 Å². The Morgan fingerprint density at radius 2 is 1.63 bits per heavy atom. The van der Waals surface area contributed by atoms with E-state index in [0.717, 1.165) is 15.6 Å². The highest BCUT2D eigenvalue weighted by Gasteiger charge is 2.28. The molecule has 35 heavy (non-hydrogen) atoms. The second-order valence-electron chi connectivity index (χ2n) is 7.75. The zero-order valence-electron chi connectivity index (χ0n) is 20.1. The number of rotatable bonds is 12. The van der Waals surface area contributed by atoms with Crippen LogP contribution in [0.1, 0.15) is 11.1 Å². The van der Waals surface area contributed by atoms with Crippen LogP contribution in [0.5, 0.6) is 11.5 Å². The van der Waals surface area contributed by atoms with E-state index < -0.39 is 15.9 Å². The Bertz CT molecular complexity index is 1220. The molecule has 9 heteroatoms. The summed E-state index contributed by atoms with van der Waals surface area (Å²) in [5.74, 6) is 1.99. The summed E-state index contributed by atoms with van der Waals surface area (Å²) < 4.78 is 38.8. The normalized spacial score (nSPS) is 11.1. The lowest BCUT2D eigenvalue weighted by molar-refractivity contribution is -0.119. The van der Waals surface area contributed by atoms with Crippen molar-refractivity contribution < 1.29 is 22.7 Å². The second kappa shape index (κ2) is 12.5. The molecule has 0 spiro atoms. The van der Waals surface area contributed by atoms with E-state index in [2.05, 4.69) is 17.4 Å². The first-order valence-electron chi connectivity index (χ1n) is 11.0. The number of anilines is 1. The predicted molar refractivity (Wildman–Crippen MR) is 141 cm³/mol. The van der Waals surface area contributed by atoms with E-state index >= 15 is 0 Å². The number of sulfonamides is 1. The van der Waals surface area contributed by atoms with Gasteiger partial charge in [-0.25, -0.2) is 8.42 Å². The zero-order valence-corrected chi connectivity index (χ0v) is 21.7. The SMILES string of the molecule is COc1ccc(N(CC(=O)NCCSCc2ccccc2)S(=O)(=O)c2ccc(C)cc2)cc1OC. The second-order valence-corrected chi connectivity index (χ2v) is 10.7. The molecule has 0 aliphatic rings. The monoisotopic (exact) mass is 514 g/mol. The molecule has 0 heterocycles. The number of aryl methyl sites for hydroxylation is 1. The largest absolute Gasteiger partial charge is 0.493 e. The molecule has 0 fully saturated rings. The molecule has 0 radical (unpaired) electrons. The maximum atomic E-state index is 13.5. The summed E-state index contributed by atoms with van der Waals surface area (Å²) in [6, 6.07) is 21.4. The van der Waals surface area contributed by atoms with Crippen molar-refractivity contribution in [2.24, 2.45) is 0 Å². The van der Waals surface area contributed by atoms with Crippen molar-refractivity contribution in [2.45, 2.75) is 17.6 Å². The molecule has 186 valence electrons. The summed E-state index contributed by atoms with van der Waals surface area (Å²) >= 11 is 1.70. The fourth-order valence-electron chi connectivity index (χ4n) is 3.35. The molecule has 0 saturated heterocycles. The Hall–Kier alpha value is -3.17. The lowest BCUT2D eigenvalue weighted by Crippen LogP contribution is -2.41. The van der Waals surface area contributed by atoms with Crippen LogP contribution >= 0.6 is 11.8 Å². The Balaban J connectivity index is 1.74. The van der Waals surface area contributed by atoms with Gasteiger partial charge in [0.2, 0.25) is 5.91 Å². The van der Waals surface area contributed by atoms with Crippen molar-refractivity contribution in [3.05, 3.63) is 83.9 Å². The van der Waals surface area contributed by atoms with E-state index in [1.165, 1.54) is 31.9 Å². The van der Waals surface area contributed by atoms with Gasteiger partial charge >= 0.3 is 0 Å². The number of ether oxygens (including phenoxy) is 2. The van der Waals surface area contributed by atoms with Crippen molar-refractivity contribution in [2.75, 3.05) is 37.4 Å². The lowest BCUT2D eigenvalue weighted by atomic mass is 10.2. The molecule has 7 nitrogen and oxygen atoms in total. The van der Waals surface area contributed by atoms with Crippen LogP contribution < -0.4 is 19.1 Å². The summed E-state index contributed by atoms with van der Waals surface area (Å²) in [5, 5.41) is 2.83. The summed E-state index contributed by atoms with van der Waals surface area (Å²) in [6.45, 7) is 1.95. The topological polar surface area (TPSA) is 84.9 Å². The standard InChI is InChI=1S/C26H30N2O5S2/c1-20-9-12-23(13-10-20)35(30,31)28(22-11-14-24(32-2)25(17-22)33-3)18-26(29)27-15-16-34-19-21-7-5-4-6-8-21/h4-14,17H,15-16,18-19H2,1-3H3,(H,27,29). The molecular formula is C26H30N2O5S2. The van der Waals surface area contributed by atoms with Crippen LogP contribution in [0.4, 0.5) is 5.69 Å². The van der Waals surface area contributed by atoms with Crippen molar-refractivity contribution in [1.82, 2.24) is 5.32 Å². The highest BCUT2D eigenvalue weighted by Crippen LogP contribution is 2.33. The Kier molecular flexibility index (Phi) is 9.45. The highest BCUT2D eigenvalue weighted by molar-refractivity contribution is 7.98. The molecule has 1 amide bonds. The maximum absolute atomic E-state index is 13.5. The number of hydrogen-bond acceptors (Lipinski definition) is 6. The average molecular weight is 515 g/mol. The first-order valence-corrected chi connectivity index (χ1v) is 13.6. The summed E-state index contributed by atoms with van der Waals surface area (Å²) in [5.41, 5.74) is 2.46. The van der Waals surface area contributed by atoms with Gasteiger partial charge in [0.15, 0.2) is 11.5 Å². The van der Waals surface area contributed by atoms with E-state index in [1.54, 1.807) is 42.1 Å². The zero-order chi connectivity index (χ0) is 25.3. The molecule has 0 unspecified atom stereocenters. The number of carbonyl (C=O) groups is 1. The van der Waals surface area contributed by atoms with Crippen LogP contribution in [0.25, 0.3) is 0 Å². The molecule has 3 aromatic rings. The van der Waals surface area contributed by atoms with Gasteiger partial charge in [-0.3, -0.25) is 9.10 Å². The van der Waals surface area contributed by atoms with Gasteiger partial charge in [-0.2, -0.15) is 11.8 Å². The molecule has 0 bridgehead atoms. The summed E-state index contributed by atoms with van der Waals surface area (Å²) in [4.78, 5) is 12.9. The van der Waals surface area contributed by atoms with Crippen LogP contribution in [-0.4, -0.2) is 47.4 Å². The van der Waals surface area contributed by atoms with Crippen LogP contribution in [0.3, 0.4) is 0 Å². The van der Waals surface area contributed by atoms with Gasteiger partial charge in [-0.1, -0.05) is 48.0 Å². The molecular weight excluding hydrogens is 484 g/mol. The fraction of sp³-hybridized carbons (Fsp3) is 0.269. The smallest absolute Gasteiger partial charge is 0.264 e. The lowest BCUT2D eigenvalue weighted by Gasteiger charge is -2.25. The molecule has 3 rings (SSSR count). The highest BCUT2D eigenvalue weighted by atomic mass is 32.2. The molecule has 0 aromatic heterocycles. The van der Waals surface area contributed by atoms with Crippen LogP contribution in [0.2, 0.25) is 0 Å². The predicted octanol–water partition coefficient (Wildman–Crippen LogP) is 4.26. The quantitative estimate of drug-likeness (QED) is 0.364. The number of thioether (sulfide) groups is 1. The van der Waals surface area contributed by atoms with Gasteiger partial charge in [-0.05, 0) is 36.8 Å². The molecule has 0 aliphatic heterocycles. The molecule has 0 atom stereocenters. The third kappa shape index (κ3) is 7.16. The summed E-state index contributed by atoms with van der Waals surface area (Å²) in [6.07, 6.45) is 0. The van der Waals surface area contributed by atoms with E-state index in [-0.39, 0.29) is 11.4 Å². The molecule has 0 saturated carbocycles. The van der Waals surface area contributed by atoms with E-state index in [0.29, 0.717) is 29.5 Å². The van der Waals surface area contributed by atoms with Gasteiger partial charge in [0.25, 0.3) is 10.0 Å². The number of methoxy groups -OCH3 is 2. The first kappa shape index (κ1) is 26.4. The van der Waals surface area contributed by atoms with Gasteiger partial charge < -0.3 is 14.8 Å². The van der Waals surface area contributed by atoms with Crippen molar-refractivity contribution in [1.29, 1.82) is 0 Å². The first-order chi connectivity index (χ1) is 16.8. The minimum absolute atomic E-state index is 0.101. The van der Waals surface area contributed by atoms with Crippen LogP contribution in [-0.2, 0) is 20.6 Å². The molecule has 1 N–H and O–H groups in total.